The largest absolute Gasteiger partial charge is 0.481 e. The highest BCUT2D eigenvalue weighted by Gasteiger charge is 2.40. The number of carbonyl (C=O) groups excluding carboxylic acids is 2. The third kappa shape index (κ3) is 4.32. The van der Waals surface area contributed by atoms with E-state index < -0.39 is 30.0 Å². The van der Waals surface area contributed by atoms with Gasteiger partial charge in [-0.05, 0) is 13.3 Å². The molecule has 3 N–H and O–H groups in total. The highest BCUT2D eigenvalue weighted by molar-refractivity contribution is 5.86. The monoisotopic (exact) mass is 301 g/mol. The number of hydrogen-bond acceptors (Lipinski definition) is 4. The fraction of sp³-hybridized carbons (Fsp3) is 0.769. The van der Waals surface area contributed by atoms with Gasteiger partial charge in [0.2, 0.25) is 5.91 Å². The minimum atomic E-state index is -0.981. The molecule has 1 rings (SSSR count). The smallest absolute Gasteiger partial charge is 0.318 e. The normalized spacial score (nSPS) is 22.4. The summed E-state index contributed by atoms with van der Waals surface area (Å²) in [4.78, 5) is 36.4. The summed E-state index contributed by atoms with van der Waals surface area (Å²) in [5.41, 5.74) is 0. The number of carboxylic acids is 1. The Labute approximate surface area is 123 Å². The van der Waals surface area contributed by atoms with Gasteiger partial charge < -0.3 is 25.4 Å². The number of hydrogen-bond donors (Lipinski definition) is 3. The van der Waals surface area contributed by atoms with Crippen LogP contribution in [-0.4, -0.2) is 66.8 Å². The molecule has 3 atom stereocenters. The lowest BCUT2D eigenvalue weighted by Gasteiger charge is -2.31. The maximum absolute atomic E-state index is 12.3. The molecule has 0 saturated carbocycles. The molecule has 1 aliphatic rings. The van der Waals surface area contributed by atoms with Crippen LogP contribution in [0.15, 0.2) is 0 Å². The summed E-state index contributed by atoms with van der Waals surface area (Å²) in [6.07, 6.45) is 0.685. The van der Waals surface area contributed by atoms with Gasteiger partial charge >= 0.3 is 12.0 Å². The van der Waals surface area contributed by atoms with E-state index in [4.69, 9.17) is 4.74 Å². The van der Waals surface area contributed by atoms with Gasteiger partial charge in [-0.2, -0.15) is 0 Å². The van der Waals surface area contributed by atoms with Crippen LogP contribution in [0.5, 0.6) is 0 Å². The minimum Gasteiger partial charge on any atom is -0.481 e. The Hall–Kier alpha value is -1.83. The molecule has 0 aromatic carbocycles. The first-order valence-corrected chi connectivity index (χ1v) is 7.01. The van der Waals surface area contributed by atoms with Crippen LogP contribution >= 0.6 is 0 Å². The molecule has 3 unspecified atom stereocenters. The van der Waals surface area contributed by atoms with E-state index in [0.717, 1.165) is 0 Å². The molecular formula is C13H23N3O5. The van der Waals surface area contributed by atoms with Gasteiger partial charge in [0.15, 0.2) is 0 Å². The van der Waals surface area contributed by atoms with Crippen LogP contribution in [0.4, 0.5) is 4.79 Å². The zero-order valence-corrected chi connectivity index (χ0v) is 12.6. The van der Waals surface area contributed by atoms with Crippen molar-refractivity contribution < 1.29 is 24.2 Å². The summed E-state index contributed by atoms with van der Waals surface area (Å²) in [5, 5.41) is 14.2. The molecule has 0 bridgehead atoms. The van der Waals surface area contributed by atoms with E-state index in [1.54, 1.807) is 6.92 Å². The van der Waals surface area contributed by atoms with Crippen LogP contribution in [0.3, 0.4) is 0 Å². The highest BCUT2D eigenvalue weighted by atomic mass is 16.5. The Kier molecular flexibility index (Phi) is 6.41. The molecule has 0 aliphatic carbocycles. The van der Waals surface area contributed by atoms with Gasteiger partial charge in [0, 0.05) is 13.6 Å². The summed E-state index contributed by atoms with van der Waals surface area (Å²) in [6, 6.07) is -1.65. The standard InChI is InChI=1S/C13H23N3O5/c1-4-5-16(10-7-21-6-9(10)12(18)19)13(20)15-8(2)11(17)14-3/h8-10H,4-7H2,1-3H3,(H,14,17)(H,15,20)(H,18,19). The van der Waals surface area contributed by atoms with Crippen molar-refractivity contribution in [2.45, 2.75) is 32.4 Å². The molecule has 21 heavy (non-hydrogen) atoms. The summed E-state index contributed by atoms with van der Waals surface area (Å²) in [5.74, 6) is -2.03. The van der Waals surface area contributed by atoms with Crippen molar-refractivity contribution in [3.63, 3.8) is 0 Å². The van der Waals surface area contributed by atoms with E-state index in [9.17, 15) is 19.5 Å². The van der Waals surface area contributed by atoms with E-state index in [2.05, 4.69) is 10.6 Å². The first kappa shape index (κ1) is 17.2. The van der Waals surface area contributed by atoms with Crippen molar-refractivity contribution in [3.8, 4) is 0 Å². The van der Waals surface area contributed by atoms with Gasteiger partial charge in [0.05, 0.1) is 19.3 Å². The third-order valence-electron chi connectivity index (χ3n) is 3.47. The van der Waals surface area contributed by atoms with Crippen molar-refractivity contribution in [1.29, 1.82) is 0 Å². The van der Waals surface area contributed by atoms with Crippen LogP contribution in [0.25, 0.3) is 0 Å². The van der Waals surface area contributed by atoms with Crippen LogP contribution < -0.4 is 10.6 Å². The average molecular weight is 301 g/mol. The summed E-state index contributed by atoms with van der Waals surface area (Å²) in [6.45, 7) is 4.16. The van der Waals surface area contributed by atoms with E-state index in [0.29, 0.717) is 13.0 Å². The molecule has 8 nitrogen and oxygen atoms in total. The van der Waals surface area contributed by atoms with Crippen molar-refractivity contribution in [1.82, 2.24) is 15.5 Å². The fourth-order valence-electron chi connectivity index (χ4n) is 2.30. The Morgan fingerprint density at radius 2 is 2.05 bits per heavy atom. The van der Waals surface area contributed by atoms with Gasteiger partial charge in [0.1, 0.15) is 12.0 Å². The summed E-state index contributed by atoms with van der Waals surface area (Å²) >= 11 is 0. The van der Waals surface area contributed by atoms with Crippen LogP contribution in [0.2, 0.25) is 0 Å². The Balaban J connectivity index is 2.78. The molecule has 1 aliphatic heterocycles. The molecule has 1 saturated heterocycles. The minimum absolute atomic E-state index is 0.0957. The Bertz CT molecular complexity index is 401. The molecule has 3 amide bonds. The van der Waals surface area contributed by atoms with E-state index in [1.165, 1.54) is 11.9 Å². The van der Waals surface area contributed by atoms with E-state index in [1.807, 2.05) is 6.92 Å². The molecule has 0 aromatic rings. The van der Waals surface area contributed by atoms with Crippen LogP contribution in [0.1, 0.15) is 20.3 Å². The number of urea groups is 1. The van der Waals surface area contributed by atoms with Gasteiger partial charge in [-0.3, -0.25) is 9.59 Å². The number of nitrogens with one attached hydrogen (secondary N) is 2. The third-order valence-corrected chi connectivity index (χ3v) is 3.47. The number of amides is 3. The molecule has 0 spiro atoms. The van der Waals surface area contributed by atoms with Crippen molar-refractivity contribution >= 4 is 17.9 Å². The van der Waals surface area contributed by atoms with E-state index in [-0.39, 0.29) is 19.1 Å². The lowest BCUT2D eigenvalue weighted by molar-refractivity contribution is -0.142. The molecule has 0 aromatic heterocycles. The molecule has 120 valence electrons. The molecule has 1 fully saturated rings. The second kappa shape index (κ2) is 7.82. The van der Waals surface area contributed by atoms with Gasteiger partial charge in [-0.25, -0.2) is 4.79 Å². The quantitative estimate of drug-likeness (QED) is 0.621. The second-order valence-electron chi connectivity index (χ2n) is 5.03. The lowest BCUT2D eigenvalue weighted by atomic mass is 10.0. The lowest BCUT2D eigenvalue weighted by Crippen LogP contribution is -2.54. The summed E-state index contributed by atoms with van der Waals surface area (Å²) < 4.78 is 5.20. The maximum atomic E-state index is 12.3. The zero-order chi connectivity index (χ0) is 16.0. The van der Waals surface area contributed by atoms with Crippen LogP contribution in [-0.2, 0) is 14.3 Å². The fourth-order valence-corrected chi connectivity index (χ4v) is 2.30. The number of likely N-dealkylation sites (N-methyl/N-ethyl adjacent to an activating group) is 1. The zero-order valence-electron chi connectivity index (χ0n) is 12.6. The highest BCUT2D eigenvalue weighted by Crippen LogP contribution is 2.20. The number of carbonyl (C=O) groups is 3. The first-order valence-electron chi connectivity index (χ1n) is 7.01. The van der Waals surface area contributed by atoms with Gasteiger partial charge in [-0.1, -0.05) is 6.92 Å². The predicted molar refractivity (Wildman–Crippen MR) is 74.8 cm³/mol. The Morgan fingerprint density at radius 1 is 1.38 bits per heavy atom. The topological polar surface area (TPSA) is 108 Å². The average Bonchev–Trinajstić information content (AvgIpc) is 2.92. The molecule has 1 heterocycles. The SMILES string of the molecule is CCCN(C(=O)NC(C)C(=O)NC)C1COCC1C(=O)O. The van der Waals surface area contributed by atoms with Gasteiger partial charge in [0.25, 0.3) is 0 Å². The Morgan fingerprint density at radius 3 is 2.57 bits per heavy atom. The second-order valence-corrected chi connectivity index (χ2v) is 5.03. The van der Waals surface area contributed by atoms with Crippen LogP contribution in [0, 0.1) is 5.92 Å². The molecule has 8 heteroatoms. The first-order chi connectivity index (χ1) is 9.92. The number of ether oxygens (including phenoxy) is 1. The van der Waals surface area contributed by atoms with Crippen molar-refractivity contribution in [2.24, 2.45) is 5.92 Å². The maximum Gasteiger partial charge on any atom is 0.318 e. The predicted octanol–water partition coefficient (Wildman–Crippen LogP) is -0.358. The molecule has 0 radical (unpaired) electrons. The number of aliphatic carboxylic acids is 1. The number of nitrogens with zero attached hydrogens (tertiary/aromatic N) is 1. The number of carboxylic acid groups (broad SMARTS) is 1. The van der Waals surface area contributed by atoms with Gasteiger partial charge in [-0.15, -0.1) is 0 Å². The van der Waals surface area contributed by atoms with E-state index >= 15 is 0 Å². The number of rotatable bonds is 6. The summed E-state index contributed by atoms with van der Waals surface area (Å²) in [7, 11) is 1.49. The molecular weight excluding hydrogens is 278 g/mol. The van der Waals surface area contributed by atoms with Crippen molar-refractivity contribution in [2.75, 3.05) is 26.8 Å². The van der Waals surface area contributed by atoms with Crippen molar-refractivity contribution in [3.05, 3.63) is 0 Å².